The third-order valence-electron chi connectivity index (χ3n) is 16.1. The van der Waals surface area contributed by atoms with Gasteiger partial charge >= 0.3 is 7.82 Å². The molecule has 0 aromatic rings. The Morgan fingerprint density at radius 3 is 0.893 bits per heavy atom. The van der Waals surface area contributed by atoms with E-state index in [1.54, 1.807) is 0 Å². The van der Waals surface area contributed by atoms with Crippen molar-refractivity contribution in [1.82, 2.24) is 5.32 Å². The fraction of sp³-hybridized carbons (Fsp3) is 0.985. The summed E-state index contributed by atoms with van der Waals surface area (Å²) in [6, 6.07) is -0.756. The van der Waals surface area contributed by atoms with Crippen LogP contribution in [0, 0.1) is 0 Å². The SMILES string of the molecule is CCCCCCCCCCCCCCCCCCCCCCCCCCCCCC(O)C(COP(=O)(O)OCC[N+](C)(C)C)NC(=O)CCCCCCCCCCCCCCCCCCCCCCCCCCCC. The van der Waals surface area contributed by atoms with Gasteiger partial charge in [0.1, 0.15) is 13.2 Å². The maximum absolute atomic E-state index is 13.1. The molecule has 1 amide bonds. The highest BCUT2D eigenvalue weighted by Crippen LogP contribution is 2.43. The van der Waals surface area contributed by atoms with Gasteiger partial charge in [-0.3, -0.25) is 13.8 Å². The number of quaternary nitrogens is 1. The van der Waals surface area contributed by atoms with Gasteiger partial charge in [0.25, 0.3) is 0 Å². The lowest BCUT2D eigenvalue weighted by atomic mass is 10.0. The van der Waals surface area contributed by atoms with Crippen LogP contribution in [0.15, 0.2) is 0 Å². The highest BCUT2D eigenvalue weighted by atomic mass is 31.2. The zero-order valence-corrected chi connectivity index (χ0v) is 52.5. The van der Waals surface area contributed by atoms with E-state index in [2.05, 4.69) is 19.2 Å². The van der Waals surface area contributed by atoms with Crippen LogP contribution < -0.4 is 5.32 Å². The number of carbonyl (C=O) groups excluding carboxylic acids is 1. The van der Waals surface area contributed by atoms with Gasteiger partial charge in [0.15, 0.2) is 0 Å². The van der Waals surface area contributed by atoms with E-state index in [-0.39, 0.29) is 19.1 Å². The summed E-state index contributed by atoms with van der Waals surface area (Å²) in [5.41, 5.74) is 0. The lowest BCUT2D eigenvalue weighted by molar-refractivity contribution is -0.870. The first-order chi connectivity index (χ1) is 36.5. The van der Waals surface area contributed by atoms with Gasteiger partial charge in [-0.25, -0.2) is 4.57 Å². The van der Waals surface area contributed by atoms with Crippen LogP contribution in [0.4, 0.5) is 0 Å². The molecule has 9 heteroatoms. The molecule has 0 heterocycles. The van der Waals surface area contributed by atoms with Crippen LogP contribution >= 0.6 is 7.82 Å². The van der Waals surface area contributed by atoms with Gasteiger partial charge in [0, 0.05) is 6.42 Å². The summed E-state index contributed by atoms with van der Waals surface area (Å²) in [6.07, 6.45) is 72.0. The van der Waals surface area contributed by atoms with Crippen molar-refractivity contribution in [3.63, 3.8) is 0 Å². The Morgan fingerprint density at radius 1 is 0.400 bits per heavy atom. The minimum absolute atomic E-state index is 0.0794. The van der Waals surface area contributed by atoms with Gasteiger partial charge in [-0.2, -0.15) is 0 Å². The second-order valence-corrected chi connectivity index (χ2v) is 26.4. The average Bonchev–Trinajstić information content (AvgIpc) is 3.37. The molecule has 3 unspecified atom stereocenters. The van der Waals surface area contributed by atoms with E-state index in [1.807, 2.05) is 21.1 Å². The van der Waals surface area contributed by atoms with Crippen LogP contribution in [-0.2, 0) is 18.4 Å². The fourth-order valence-corrected chi connectivity index (χ4v) is 11.6. The van der Waals surface area contributed by atoms with Crippen LogP contribution in [0.5, 0.6) is 0 Å². The Kier molecular flexibility index (Phi) is 57.8. The van der Waals surface area contributed by atoms with Gasteiger partial charge in [-0.05, 0) is 12.8 Å². The van der Waals surface area contributed by atoms with E-state index in [0.717, 1.165) is 38.5 Å². The molecule has 0 aromatic heterocycles. The normalized spacial score (nSPS) is 13.6. The van der Waals surface area contributed by atoms with Crippen LogP contribution in [-0.4, -0.2) is 73.4 Å². The van der Waals surface area contributed by atoms with Crippen molar-refractivity contribution in [3.8, 4) is 0 Å². The number of hydrogen-bond donors (Lipinski definition) is 3. The van der Waals surface area contributed by atoms with E-state index in [1.165, 1.54) is 302 Å². The number of carbonyl (C=O) groups is 1. The average molecular weight is 1080 g/mol. The number of unbranched alkanes of at least 4 members (excludes halogenated alkanes) is 51. The predicted molar refractivity (Wildman–Crippen MR) is 328 cm³/mol. The zero-order chi connectivity index (χ0) is 54.9. The summed E-state index contributed by atoms with van der Waals surface area (Å²) >= 11 is 0. The largest absolute Gasteiger partial charge is 0.472 e. The number of rotatable bonds is 64. The third-order valence-corrected chi connectivity index (χ3v) is 17.1. The number of hydrogen-bond acceptors (Lipinski definition) is 5. The number of nitrogens with one attached hydrogen (secondary N) is 1. The van der Waals surface area contributed by atoms with Crippen molar-refractivity contribution >= 4 is 13.7 Å². The molecule has 0 aliphatic rings. The minimum Gasteiger partial charge on any atom is -0.391 e. The number of aliphatic hydroxyl groups excluding tert-OH is 1. The summed E-state index contributed by atoms with van der Waals surface area (Å²) < 4.78 is 23.9. The molecule has 0 rings (SSSR count). The van der Waals surface area contributed by atoms with E-state index >= 15 is 0 Å². The first-order valence-electron chi connectivity index (χ1n) is 33.9. The standard InChI is InChI=1S/C66H135N2O6P/c1-6-8-10-12-14-16-18-20-22-24-26-28-30-32-34-35-37-39-41-43-45-47-49-51-53-55-57-59-65(69)64(63-74-75(71,72)73-62-61-68(3,4)5)67-66(70)60-58-56-54-52-50-48-46-44-42-40-38-36-33-31-29-27-25-23-21-19-17-15-13-11-9-7-2/h64-65,69H,6-63H2,1-5H3,(H-,67,70,71,72)/p+1. The topological polar surface area (TPSA) is 105 Å². The van der Waals surface area contributed by atoms with Crippen molar-refractivity contribution in [2.75, 3.05) is 40.9 Å². The van der Waals surface area contributed by atoms with Crippen LogP contribution in [0.2, 0.25) is 0 Å². The Hall–Kier alpha value is -0.500. The summed E-state index contributed by atoms with van der Waals surface area (Å²) in [5.74, 6) is -0.133. The molecule has 8 nitrogen and oxygen atoms in total. The van der Waals surface area contributed by atoms with Crippen molar-refractivity contribution in [3.05, 3.63) is 0 Å². The van der Waals surface area contributed by atoms with Gasteiger partial charge in [-0.15, -0.1) is 0 Å². The Balaban J connectivity index is 4.01. The van der Waals surface area contributed by atoms with Crippen molar-refractivity contribution < 1.29 is 32.9 Å². The maximum Gasteiger partial charge on any atom is 0.472 e. The predicted octanol–water partition coefficient (Wildman–Crippen LogP) is 21.2. The number of phosphoric ester groups is 1. The monoisotopic (exact) mass is 1080 g/mol. The molecular weight excluding hydrogens is 948 g/mol. The lowest BCUT2D eigenvalue weighted by Crippen LogP contribution is -2.46. The number of aliphatic hydroxyl groups is 1. The molecule has 0 aliphatic carbocycles. The van der Waals surface area contributed by atoms with E-state index in [0.29, 0.717) is 23.9 Å². The molecule has 0 saturated heterocycles. The maximum atomic E-state index is 13.1. The molecule has 3 N–H and O–H groups in total. The second-order valence-electron chi connectivity index (χ2n) is 24.9. The second kappa shape index (κ2) is 58.2. The molecule has 0 saturated carbocycles. The van der Waals surface area contributed by atoms with Gasteiger partial charge in [-0.1, -0.05) is 348 Å². The first kappa shape index (κ1) is 74.5. The Morgan fingerprint density at radius 2 is 0.640 bits per heavy atom. The number of likely N-dealkylation sites (N-methyl/N-ethyl adjacent to an activating group) is 1. The smallest absolute Gasteiger partial charge is 0.391 e. The van der Waals surface area contributed by atoms with Gasteiger partial charge in [0.05, 0.1) is 39.9 Å². The molecule has 0 aromatic carbocycles. The van der Waals surface area contributed by atoms with Crippen molar-refractivity contribution in [2.45, 2.75) is 379 Å². The summed E-state index contributed by atoms with van der Waals surface area (Å²) in [7, 11) is 1.64. The Labute approximate surface area is 470 Å². The summed E-state index contributed by atoms with van der Waals surface area (Å²) in [4.78, 5) is 23.4. The molecule has 75 heavy (non-hydrogen) atoms. The van der Waals surface area contributed by atoms with Crippen LogP contribution in [0.25, 0.3) is 0 Å². The first-order valence-corrected chi connectivity index (χ1v) is 35.4. The molecule has 0 bridgehead atoms. The molecule has 450 valence electrons. The summed E-state index contributed by atoms with van der Waals surface area (Å²) in [6.45, 7) is 4.97. The minimum atomic E-state index is -4.32. The van der Waals surface area contributed by atoms with E-state index < -0.39 is 20.0 Å². The number of amides is 1. The van der Waals surface area contributed by atoms with Crippen molar-refractivity contribution in [1.29, 1.82) is 0 Å². The highest BCUT2D eigenvalue weighted by Gasteiger charge is 2.28. The molecule has 0 radical (unpaired) electrons. The highest BCUT2D eigenvalue weighted by molar-refractivity contribution is 7.47. The van der Waals surface area contributed by atoms with Crippen LogP contribution in [0.1, 0.15) is 367 Å². The summed E-state index contributed by atoms with van der Waals surface area (Å²) in [5, 5.41) is 14.1. The lowest BCUT2D eigenvalue weighted by Gasteiger charge is -2.26. The molecule has 0 aliphatic heterocycles. The fourth-order valence-electron chi connectivity index (χ4n) is 10.8. The number of phosphoric acid groups is 1. The van der Waals surface area contributed by atoms with E-state index in [4.69, 9.17) is 9.05 Å². The molecule has 0 spiro atoms. The Bertz CT molecular complexity index is 1180. The number of nitrogens with zero attached hydrogens (tertiary/aromatic N) is 1. The molecule has 3 atom stereocenters. The van der Waals surface area contributed by atoms with Gasteiger partial charge < -0.3 is 19.8 Å². The zero-order valence-electron chi connectivity index (χ0n) is 51.6. The van der Waals surface area contributed by atoms with Crippen molar-refractivity contribution in [2.24, 2.45) is 0 Å². The van der Waals surface area contributed by atoms with Gasteiger partial charge in [0.2, 0.25) is 5.91 Å². The quantitative estimate of drug-likeness (QED) is 0.0318. The third kappa shape index (κ3) is 61.0. The molecule has 0 fully saturated rings. The van der Waals surface area contributed by atoms with Crippen LogP contribution in [0.3, 0.4) is 0 Å². The molecular formula is C66H136N2O6P+. The van der Waals surface area contributed by atoms with E-state index in [9.17, 15) is 19.4 Å².